The van der Waals surface area contributed by atoms with Gasteiger partial charge in [-0.05, 0) is 30.3 Å². The van der Waals surface area contributed by atoms with E-state index >= 15 is 0 Å². The number of carbonyl (C=O) groups is 1. The minimum absolute atomic E-state index is 0.0261. The van der Waals surface area contributed by atoms with Crippen molar-refractivity contribution >= 4 is 38.9 Å². The zero-order chi connectivity index (χ0) is 23.5. The van der Waals surface area contributed by atoms with Crippen LogP contribution >= 0.6 is 11.6 Å². The quantitative estimate of drug-likeness (QED) is 0.544. The zero-order valence-corrected chi connectivity index (χ0v) is 19.6. The molecule has 1 aromatic heterocycles. The number of aromatic nitrogens is 2. The Morgan fingerprint density at radius 3 is 2.34 bits per heavy atom. The van der Waals surface area contributed by atoms with Crippen molar-refractivity contribution in [3.63, 3.8) is 0 Å². The van der Waals surface area contributed by atoms with Gasteiger partial charge in [-0.15, -0.1) is 0 Å². The molecule has 0 fully saturated rings. The highest BCUT2D eigenvalue weighted by molar-refractivity contribution is 7.92. The molecule has 1 heterocycles. The standard InChI is InChI=1S/C22H23ClN4O4S/c1-22(2,3)21-24-12-15(13-25-21)26-20(28)14-9-10-16(23)19(11-14)32(29,30)27-17-7-5-6-8-18(17)31-4/h5-13,27H,1-4H3,(H,26,28). The predicted molar refractivity (Wildman–Crippen MR) is 124 cm³/mol. The number of rotatable bonds is 6. The van der Waals surface area contributed by atoms with Gasteiger partial charge in [0.1, 0.15) is 16.5 Å². The monoisotopic (exact) mass is 474 g/mol. The Morgan fingerprint density at radius 2 is 1.72 bits per heavy atom. The molecule has 0 aliphatic carbocycles. The van der Waals surface area contributed by atoms with Gasteiger partial charge >= 0.3 is 0 Å². The number of anilines is 2. The number of sulfonamides is 1. The van der Waals surface area contributed by atoms with Gasteiger partial charge in [-0.25, -0.2) is 18.4 Å². The summed E-state index contributed by atoms with van der Waals surface area (Å²) in [5, 5.41) is 2.63. The minimum Gasteiger partial charge on any atom is -0.495 e. The second-order valence-electron chi connectivity index (χ2n) is 7.95. The third-order valence-corrected chi connectivity index (χ3v) is 6.26. The zero-order valence-electron chi connectivity index (χ0n) is 18.0. The smallest absolute Gasteiger partial charge is 0.263 e. The topological polar surface area (TPSA) is 110 Å². The van der Waals surface area contributed by atoms with Gasteiger partial charge in [-0.2, -0.15) is 0 Å². The Bertz CT molecular complexity index is 1240. The average Bonchev–Trinajstić information content (AvgIpc) is 2.73. The summed E-state index contributed by atoms with van der Waals surface area (Å²) in [7, 11) is -2.66. The van der Waals surface area contributed by atoms with E-state index in [0.717, 1.165) is 0 Å². The van der Waals surface area contributed by atoms with Gasteiger partial charge in [0.05, 0.1) is 35.9 Å². The lowest BCUT2D eigenvalue weighted by Crippen LogP contribution is -2.18. The first-order chi connectivity index (χ1) is 15.0. The number of ether oxygens (including phenoxy) is 1. The number of amides is 1. The number of carbonyl (C=O) groups excluding carboxylic acids is 1. The van der Waals surface area contributed by atoms with Crippen LogP contribution < -0.4 is 14.8 Å². The first kappa shape index (κ1) is 23.5. The van der Waals surface area contributed by atoms with E-state index in [9.17, 15) is 13.2 Å². The summed E-state index contributed by atoms with van der Waals surface area (Å²) in [5.41, 5.74) is 0.511. The van der Waals surface area contributed by atoms with Gasteiger partial charge in [-0.1, -0.05) is 44.5 Å². The number of nitrogens with one attached hydrogen (secondary N) is 2. The van der Waals surface area contributed by atoms with Crippen LogP contribution in [-0.2, 0) is 15.4 Å². The normalized spacial score (nSPS) is 11.7. The second kappa shape index (κ2) is 9.13. The summed E-state index contributed by atoms with van der Waals surface area (Å²) in [4.78, 5) is 21.0. The fourth-order valence-corrected chi connectivity index (χ4v) is 4.36. The van der Waals surface area contributed by atoms with Crippen LogP contribution in [0.4, 0.5) is 11.4 Å². The van der Waals surface area contributed by atoms with Crippen molar-refractivity contribution in [2.24, 2.45) is 0 Å². The predicted octanol–water partition coefficient (Wildman–Crippen LogP) is 4.49. The van der Waals surface area contributed by atoms with Crippen LogP contribution in [0, 0.1) is 0 Å². The number of para-hydroxylation sites is 2. The molecular weight excluding hydrogens is 452 g/mol. The van der Waals surface area contributed by atoms with E-state index in [4.69, 9.17) is 16.3 Å². The molecule has 0 radical (unpaired) electrons. The number of halogens is 1. The minimum atomic E-state index is -4.09. The maximum absolute atomic E-state index is 13.0. The molecule has 0 aliphatic heterocycles. The first-order valence-electron chi connectivity index (χ1n) is 9.60. The SMILES string of the molecule is COc1ccccc1NS(=O)(=O)c1cc(C(=O)Nc2cnc(C(C)(C)C)nc2)ccc1Cl. The average molecular weight is 475 g/mol. The molecule has 10 heteroatoms. The summed E-state index contributed by atoms with van der Waals surface area (Å²) in [6.45, 7) is 5.94. The van der Waals surface area contributed by atoms with Crippen molar-refractivity contribution < 1.29 is 17.9 Å². The Labute approximate surface area is 192 Å². The summed E-state index contributed by atoms with van der Waals surface area (Å²) >= 11 is 6.14. The summed E-state index contributed by atoms with van der Waals surface area (Å²) in [6.07, 6.45) is 3.00. The van der Waals surface area contributed by atoms with E-state index in [2.05, 4.69) is 20.0 Å². The lowest BCUT2D eigenvalue weighted by Gasteiger charge is -2.16. The van der Waals surface area contributed by atoms with Gasteiger partial charge in [0.25, 0.3) is 15.9 Å². The molecule has 32 heavy (non-hydrogen) atoms. The number of nitrogens with zero attached hydrogens (tertiary/aromatic N) is 2. The highest BCUT2D eigenvalue weighted by Crippen LogP contribution is 2.29. The molecule has 2 N–H and O–H groups in total. The van der Waals surface area contributed by atoms with Crippen molar-refractivity contribution in [3.8, 4) is 5.75 Å². The lowest BCUT2D eigenvalue weighted by molar-refractivity contribution is 0.102. The number of benzene rings is 2. The van der Waals surface area contributed by atoms with E-state index < -0.39 is 15.9 Å². The van der Waals surface area contributed by atoms with Crippen molar-refractivity contribution in [2.45, 2.75) is 31.1 Å². The van der Waals surface area contributed by atoms with Crippen LogP contribution in [0.3, 0.4) is 0 Å². The van der Waals surface area contributed by atoms with Crippen molar-refractivity contribution in [3.05, 3.63) is 71.3 Å². The van der Waals surface area contributed by atoms with Gasteiger partial charge < -0.3 is 10.1 Å². The fourth-order valence-electron chi connectivity index (χ4n) is 2.76. The first-order valence-corrected chi connectivity index (χ1v) is 11.5. The van der Waals surface area contributed by atoms with Crippen LogP contribution in [0.15, 0.2) is 59.8 Å². The molecule has 2 aromatic carbocycles. The second-order valence-corrected chi connectivity index (χ2v) is 10.0. The van der Waals surface area contributed by atoms with E-state index in [0.29, 0.717) is 17.3 Å². The molecule has 3 aromatic rings. The Hall–Kier alpha value is -3.17. The van der Waals surface area contributed by atoms with Crippen LogP contribution in [0.1, 0.15) is 37.0 Å². The van der Waals surface area contributed by atoms with Crippen LogP contribution in [0.5, 0.6) is 5.75 Å². The summed E-state index contributed by atoms with van der Waals surface area (Å²) in [6, 6.07) is 10.6. The van der Waals surface area contributed by atoms with E-state index in [1.807, 2.05) is 20.8 Å². The number of hydrogen-bond acceptors (Lipinski definition) is 6. The summed E-state index contributed by atoms with van der Waals surface area (Å²) < 4.78 is 33.5. The molecule has 0 saturated heterocycles. The van der Waals surface area contributed by atoms with Crippen LogP contribution in [0.25, 0.3) is 0 Å². The Kier molecular flexibility index (Phi) is 6.71. The Morgan fingerprint density at radius 1 is 1.06 bits per heavy atom. The van der Waals surface area contributed by atoms with Crippen molar-refractivity contribution in [2.75, 3.05) is 17.1 Å². The van der Waals surface area contributed by atoms with Gasteiger partial charge in [-0.3, -0.25) is 9.52 Å². The van der Waals surface area contributed by atoms with E-state index in [-0.39, 0.29) is 26.6 Å². The fraction of sp³-hybridized carbons (Fsp3) is 0.227. The summed E-state index contributed by atoms with van der Waals surface area (Å²) in [5.74, 6) is 0.458. The molecule has 0 unspecified atom stereocenters. The third kappa shape index (κ3) is 5.35. The molecule has 1 amide bonds. The van der Waals surface area contributed by atoms with E-state index in [1.54, 1.807) is 24.3 Å². The highest BCUT2D eigenvalue weighted by atomic mass is 35.5. The van der Waals surface area contributed by atoms with Gasteiger partial charge in [0.15, 0.2) is 0 Å². The van der Waals surface area contributed by atoms with Gasteiger partial charge in [0, 0.05) is 11.0 Å². The molecule has 168 valence electrons. The molecule has 8 nitrogen and oxygen atoms in total. The van der Waals surface area contributed by atoms with Gasteiger partial charge in [0.2, 0.25) is 0 Å². The van der Waals surface area contributed by atoms with E-state index in [1.165, 1.54) is 37.7 Å². The lowest BCUT2D eigenvalue weighted by atomic mass is 9.96. The molecule has 0 atom stereocenters. The van der Waals surface area contributed by atoms with Crippen LogP contribution in [0.2, 0.25) is 5.02 Å². The maximum atomic E-state index is 13.0. The van der Waals surface area contributed by atoms with Crippen LogP contribution in [-0.4, -0.2) is 31.4 Å². The molecule has 3 rings (SSSR count). The molecule has 0 spiro atoms. The molecule has 0 aliphatic rings. The van der Waals surface area contributed by atoms with Crippen molar-refractivity contribution in [1.82, 2.24) is 9.97 Å². The Balaban J connectivity index is 1.85. The maximum Gasteiger partial charge on any atom is 0.263 e. The molecular formula is C22H23ClN4O4S. The number of hydrogen-bond donors (Lipinski definition) is 2. The largest absolute Gasteiger partial charge is 0.495 e. The third-order valence-electron chi connectivity index (χ3n) is 4.41. The van der Waals surface area contributed by atoms with Crippen molar-refractivity contribution in [1.29, 1.82) is 0 Å². The highest BCUT2D eigenvalue weighted by Gasteiger charge is 2.22. The number of methoxy groups -OCH3 is 1. The molecule has 0 saturated carbocycles. The molecule has 0 bridgehead atoms.